The van der Waals surface area contributed by atoms with Gasteiger partial charge in [-0.25, -0.2) is 12.8 Å². The molecule has 0 aromatic heterocycles. The first kappa shape index (κ1) is 26.3. The Balaban J connectivity index is 1.82. The average Bonchev–Trinajstić information content (AvgIpc) is 2.87. The third kappa shape index (κ3) is 6.64. The second-order valence-corrected chi connectivity index (χ2v) is 9.84. The molecule has 0 unspecified atom stereocenters. The van der Waals surface area contributed by atoms with Crippen LogP contribution in [-0.2, 0) is 21.2 Å². The zero-order valence-corrected chi connectivity index (χ0v) is 20.9. The molecule has 35 heavy (non-hydrogen) atoms. The molecule has 0 saturated heterocycles. The SMILES string of the molecule is COc1ccc(S(=O)(=O)N(CC(=O)NCCCc2ccccc2)c2ccc(F)c(Cl)c2)cc1OC. The van der Waals surface area contributed by atoms with E-state index in [1.165, 1.54) is 38.5 Å². The third-order valence-corrected chi connectivity index (χ3v) is 7.29. The van der Waals surface area contributed by atoms with Crippen LogP contribution < -0.4 is 19.1 Å². The zero-order chi connectivity index (χ0) is 25.4. The highest BCUT2D eigenvalue weighted by atomic mass is 35.5. The zero-order valence-electron chi connectivity index (χ0n) is 19.3. The third-order valence-electron chi connectivity index (χ3n) is 5.23. The van der Waals surface area contributed by atoms with E-state index in [2.05, 4.69) is 5.32 Å². The van der Waals surface area contributed by atoms with E-state index in [0.717, 1.165) is 28.4 Å². The van der Waals surface area contributed by atoms with E-state index in [4.69, 9.17) is 21.1 Å². The lowest BCUT2D eigenvalue weighted by atomic mass is 10.1. The summed E-state index contributed by atoms with van der Waals surface area (Å²) in [6.45, 7) is -0.161. The van der Waals surface area contributed by atoms with Crippen molar-refractivity contribution in [1.82, 2.24) is 5.32 Å². The largest absolute Gasteiger partial charge is 0.493 e. The number of nitrogens with zero attached hydrogens (tertiary/aromatic N) is 1. The van der Waals surface area contributed by atoms with Gasteiger partial charge < -0.3 is 14.8 Å². The summed E-state index contributed by atoms with van der Waals surface area (Å²) in [7, 11) is -1.44. The van der Waals surface area contributed by atoms with Crippen LogP contribution in [0.25, 0.3) is 0 Å². The minimum atomic E-state index is -4.25. The summed E-state index contributed by atoms with van der Waals surface area (Å²) >= 11 is 5.90. The van der Waals surface area contributed by atoms with E-state index < -0.39 is 28.3 Å². The molecule has 0 heterocycles. The van der Waals surface area contributed by atoms with Crippen LogP contribution in [0.4, 0.5) is 10.1 Å². The molecule has 0 bridgehead atoms. The second-order valence-electron chi connectivity index (χ2n) is 7.57. The molecule has 0 aliphatic carbocycles. The monoisotopic (exact) mass is 520 g/mol. The van der Waals surface area contributed by atoms with Crippen molar-refractivity contribution in [2.24, 2.45) is 0 Å². The Hall–Kier alpha value is -3.30. The Morgan fingerprint density at radius 2 is 1.71 bits per heavy atom. The molecular weight excluding hydrogens is 495 g/mol. The van der Waals surface area contributed by atoms with Gasteiger partial charge >= 0.3 is 0 Å². The van der Waals surface area contributed by atoms with Crippen molar-refractivity contribution in [3.63, 3.8) is 0 Å². The standard InChI is InChI=1S/C25H26ClFN2O5S/c1-33-23-13-11-20(16-24(23)34-2)35(31,32)29(19-10-12-22(27)21(26)15-19)17-25(30)28-14-6-9-18-7-4-3-5-8-18/h3-5,7-8,10-13,15-16H,6,9,14,17H2,1-2H3,(H,28,30). The van der Waals surface area contributed by atoms with Crippen LogP contribution >= 0.6 is 11.6 Å². The highest BCUT2D eigenvalue weighted by molar-refractivity contribution is 7.92. The number of aryl methyl sites for hydroxylation is 1. The normalized spacial score (nSPS) is 11.1. The molecule has 3 rings (SSSR count). The van der Waals surface area contributed by atoms with Crippen molar-refractivity contribution in [1.29, 1.82) is 0 Å². The second kappa shape index (κ2) is 11.9. The number of amides is 1. The average molecular weight is 521 g/mol. The summed E-state index contributed by atoms with van der Waals surface area (Å²) in [6.07, 6.45) is 1.45. The number of methoxy groups -OCH3 is 2. The van der Waals surface area contributed by atoms with Crippen LogP contribution in [-0.4, -0.2) is 41.6 Å². The number of hydrogen-bond donors (Lipinski definition) is 1. The number of benzene rings is 3. The van der Waals surface area contributed by atoms with Crippen molar-refractivity contribution in [2.45, 2.75) is 17.7 Å². The number of carbonyl (C=O) groups excluding carboxylic acids is 1. The number of ether oxygens (including phenoxy) is 2. The van der Waals surface area contributed by atoms with E-state index in [0.29, 0.717) is 18.7 Å². The van der Waals surface area contributed by atoms with Gasteiger partial charge in [0.25, 0.3) is 10.0 Å². The number of hydrogen-bond acceptors (Lipinski definition) is 5. The summed E-state index contributed by atoms with van der Waals surface area (Å²) < 4.78 is 52.2. The minimum Gasteiger partial charge on any atom is -0.493 e. The van der Waals surface area contributed by atoms with E-state index in [1.807, 2.05) is 30.3 Å². The van der Waals surface area contributed by atoms with Gasteiger partial charge in [0.15, 0.2) is 11.5 Å². The first-order valence-electron chi connectivity index (χ1n) is 10.8. The number of nitrogens with one attached hydrogen (secondary N) is 1. The van der Waals surface area contributed by atoms with Gasteiger partial charge in [-0.1, -0.05) is 41.9 Å². The molecule has 10 heteroatoms. The molecule has 0 saturated carbocycles. The molecule has 1 amide bonds. The molecule has 186 valence electrons. The van der Waals surface area contributed by atoms with Crippen LogP contribution in [0.2, 0.25) is 5.02 Å². The van der Waals surface area contributed by atoms with Crippen LogP contribution in [0.3, 0.4) is 0 Å². The Bertz CT molecular complexity index is 1270. The lowest BCUT2D eigenvalue weighted by Crippen LogP contribution is -2.41. The Labute approximate surface area is 209 Å². The Morgan fingerprint density at radius 1 is 1.00 bits per heavy atom. The van der Waals surface area contributed by atoms with Crippen molar-refractivity contribution in [3.8, 4) is 11.5 Å². The molecule has 0 fully saturated rings. The van der Waals surface area contributed by atoms with Gasteiger partial charge in [0.05, 0.1) is 29.8 Å². The Kier molecular flexibility index (Phi) is 8.95. The van der Waals surface area contributed by atoms with Crippen LogP contribution in [0.1, 0.15) is 12.0 Å². The maximum absolute atomic E-state index is 13.8. The smallest absolute Gasteiger partial charge is 0.264 e. The van der Waals surface area contributed by atoms with Gasteiger partial charge in [-0.15, -0.1) is 0 Å². The lowest BCUT2D eigenvalue weighted by molar-refractivity contribution is -0.119. The first-order chi connectivity index (χ1) is 16.8. The summed E-state index contributed by atoms with van der Waals surface area (Å²) in [4.78, 5) is 12.6. The summed E-state index contributed by atoms with van der Waals surface area (Å²) in [6, 6.07) is 17.4. The quantitative estimate of drug-likeness (QED) is 0.378. The molecule has 0 spiro atoms. The summed E-state index contributed by atoms with van der Waals surface area (Å²) in [5.74, 6) is -0.665. The highest BCUT2D eigenvalue weighted by Crippen LogP contribution is 2.33. The van der Waals surface area contributed by atoms with Gasteiger partial charge in [-0.05, 0) is 48.7 Å². The Morgan fingerprint density at radius 3 is 2.37 bits per heavy atom. The van der Waals surface area contributed by atoms with E-state index in [9.17, 15) is 17.6 Å². The maximum atomic E-state index is 13.8. The summed E-state index contributed by atoms with van der Waals surface area (Å²) in [5, 5.41) is 2.48. The molecule has 7 nitrogen and oxygen atoms in total. The fraction of sp³-hybridized carbons (Fsp3) is 0.240. The van der Waals surface area contributed by atoms with E-state index in [1.54, 1.807) is 0 Å². The predicted molar refractivity (Wildman–Crippen MR) is 133 cm³/mol. The molecule has 1 N–H and O–H groups in total. The van der Waals surface area contributed by atoms with Crippen molar-refractivity contribution in [2.75, 3.05) is 31.6 Å². The predicted octanol–water partition coefficient (Wildman–Crippen LogP) is 4.44. The van der Waals surface area contributed by atoms with E-state index >= 15 is 0 Å². The number of rotatable bonds is 11. The van der Waals surface area contributed by atoms with Crippen molar-refractivity contribution < 1.29 is 27.1 Å². The number of halogens is 2. The molecular formula is C25H26ClFN2O5S. The van der Waals surface area contributed by atoms with Crippen LogP contribution in [0.15, 0.2) is 71.6 Å². The molecule has 3 aromatic carbocycles. The molecule has 0 atom stereocenters. The fourth-order valence-corrected chi connectivity index (χ4v) is 5.01. The van der Waals surface area contributed by atoms with Crippen LogP contribution in [0.5, 0.6) is 11.5 Å². The van der Waals surface area contributed by atoms with E-state index in [-0.39, 0.29) is 21.4 Å². The minimum absolute atomic E-state index is 0.0469. The van der Waals surface area contributed by atoms with Crippen LogP contribution in [0, 0.1) is 5.82 Å². The topological polar surface area (TPSA) is 84.9 Å². The van der Waals surface area contributed by atoms with Gasteiger partial charge in [-0.3, -0.25) is 9.10 Å². The van der Waals surface area contributed by atoms with Gasteiger partial charge in [-0.2, -0.15) is 0 Å². The first-order valence-corrected chi connectivity index (χ1v) is 12.6. The number of anilines is 1. The van der Waals surface area contributed by atoms with Gasteiger partial charge in [0.2, 0.25) is 5.91 Å². The van der Waals surface area contributed by atoms with Crippen molar-refractivity contribution >= 4 is 33.2 Å². The molecule has 0 aliphatic heterocycles. The molecule has 3 aromatic rings. The van der Waals surface area contributed by atoms with Gasteiger partial charge in [0, 0.05) is 12.6 Å². The van der Waals surface area contributed by atoms with Crippen molar-refractivity contribution in [3.05, 3.63) is 83.1 Å². The number of sulfonamides is 1. The number of carbonyl (C=O) groups is 1. The maximum Gasteiger partial charge on any atom is 0.264 e. The molecule has 0 aliphatic rings. The molecule has 0 radical (unpaired) electrons. The van der Waals surface area contributed by atoms with Gasteiger partial charge in [0.1, 0.15) is 12.4 Å². The summed E-state index contributed by atoms with van der Waals surface area (Å²) in [5.41, 5.74) is 1.19. The fourth-order valence-electron chi connectivity index (χ4n) is 3.41. The lowest BCUT2D eigenvalue weighted by Gasteiger charge is -2.25. The highest BCUT2D eigenvalue weighted by Gasteiger charge is 2.29.